The van der Waals surface area contributed by atoms with Crippen LogP contribution in [-0.4, -0.2) is 35.7 Å². The van der Waals surface area contributed by atoms with Gasteiger partial charge in [0.1, 0.15) is 39.5 Å². The first-order valence-corrected chi connectivity index (χ1v) is 9.55. The number of benzene rings is 1. The van der Waals surface area contributed by atoms with Crippen LogP contribution in [0.15, 0.2) is 24.5 Å². The summed E-state index contributed by atoms with van der Waals surface area (Å²) >= 11 is 1.23. The molecule has 0 saturated heterocycles. The Morgan fingerprint density at radius 1 is 1.39 bits per heavy atom. The third-order valence-corrected chi connectivity index (χ3v) is 5.49. The molecule has 0 amide bonds. The minimum absolute atomic E-state index is 0.235. The van der Waals surface area contributed by atoms with Gasteiger partial charge in [-0.15, -0.1) is 11.3 Å². The normalized spacial score (nSPS) is 12.0. The standard InChI is InChI=1S/C19H21FN4O3S/c1-4-12(8-21)27-14-7-11(20)5-6-13(14)24-17-15-10(2)16(19(25)26-3)28-18(15)23-9-22-17/h5-7,9,12H,4,8,21H2,1-3H3,(H,22,23,24). The smallest absolute Gasteiger partial charge is 0.348 e. The number of nitrogens with zero attached hydrogens (tertiary/aromatic N) is 2. The van der Waals surface area contributed by atoms with Crippen molar-refractivity contribution in [3.05, 3.63) is 40.8 Å². The second-order valence-corrected chi connectivity index (χ2v) is 7.10. The number of methoxy groups -OCH3 is 1. The minimum atomic E-state index is -0.425. The highest BCUT2D eigenvalue weighted by Crippen LogP contribution is 2.36. The number of carbonyl (C=O) groups excluding carboxylic acids is 1. The Kier molecular flexibility index (Phi) is 6.05. The number of hydrogen-bond donors (Lipinski definition) is 2. The second kappa shape index (κ2) is 8.49. The van der Waals surface area contributed by atoms with Crippen molar-refractivity contribution < 1.29 is 18.7 Å². The van der Waals surface area contributed by atoms with Gasteiger partial charge in [-0.2, -0.15) is 0 Å². The molecular weight excluding hydrogens is 383 g/mol. The third-order valence-electron chi connectivity index (χ3n) is 4.31. The largest absolute Gasteiger partial charge is 0.487 e. The van der Waals surface area contributed by atoms with Crippen LogP contribution < -0.4 is 15.8 Å². The molecule has 7 nitrogen and oxygen atoms in total. The summed E-state index contributed by atoms with van der Waals surface area (Å²) < 4.78 is 24.5. The maximum absolute atomic E-state index is 13.8. The highest BCUT2D eigenvalue weighted by molar-refractivity contribution is 7.20. The maximum atomic E-state index is 13.8. The van der Waals surface area contributed by atoms with Gasteiger partial charge < -0.3 is 20.5 Å². The fourth-order valence-electron chi connectivity index (χ4n) is 2.76. The van der Waals surface area contributed by atoms with Gasteiger partial charge in [-0.1, -0.05) is 6.92 Å². The molecule has 0 bridgehead atoms. The monoisotopic (exact) mass is 404 g/mol. The Labute approximate surface area is 165 Å². The minimum Gasteiger partial charge on any atom is -0.487 e. The Morgan fingerprint density at radius 2 is 2.18 bits per heavy atom. The number of nitrogens with one attached hydrogen (secondary N) is 1. The van der Waals surface area contributed by atoms with Gasteiger partial charge in [0.15, 0.2) is 0 Å². The predicted molar refractivity (Wildman–Crippen MR) is 107 cm³/mol. The lowest BCUT2D eigenvalue weighted by Crippen LogP contribution is -2.26. The number of hydrogen-bond acceptors (Lipinski definition) is 8. The van der Waals surface area contributed by atoms with E-state index in [2.05, 4.69) is 15.3 Å². The van der Waals surface area contributed by atoms with E-state index < -0.39 is 11.8 Å². The van der Waals surface area contributed by atoms with Crippen molar-refractivity contribution in [1.82, 2.24) is 9.97 Å². The average Bonchev–Trinajstić information content (AvgIpc) is 3.05. The van der Waals surface area contributed by atoms with Crippen LogP contribution in [0.4, 0.5) is 15.9 Å². The molecule has 1 aromatic carbocycles. The van der Waals surface area contributed by atoms with Crippen molar-refractivity contribution in [2.75, 3.05) is 19.0 Å². The zero-order valence-electron chi connectivity index (χ0n) is 15.8. The van der Waals surface area contributed by atoms with E-state index in [1.165, 1.54) is 36.9 Å². The maximum Gasteiger partial charge on any atom is 0.348 e. The highest BCUT2D eigenvalue weighted by atomic mass is 32.1. The van der Waals surface area contributed by atoms with Crippen LogP contribution >= 0.6 is 11.3 Å². The molecule has 0 spiro atoms. The summed E-state index contributed by atoms with van der Waals surface area (Å²) in [6.45, 7) is 4.07. The van der Waals surface area contributed by atoms with Crippen LogP contribution in [0, 0.1) is 12.7 Å². The third kappa shape index (κ3) is 3.90. The number of nitrogens with two attached hydrogens (primary N) is 1. The molecule has 1 atom stereocenters. The molecule has 0 aliphatic heterocycles. The van der Waals surface area contributed by atoms with Crippen LogP contribution in [0.3, 0.4) is 0 Å². The number of esters is 1. The molecule has 9 heteroatoms. The molecule has 0 radical (unpaired) electrons. The van der Waals surface area contributed by atoms with Crippen molar-refractivity contribution in [3.63, 3.8) is 0 Å². The van der Waals surface area contributed by atoms with Crippen molar-refractivity contribution >= 4 is 39.0 Å². The molecule has 0 fully saturated rings. The lowest BCUT2D eigenvalue weighted by atomic mass is 10.2. The lowest BCUT2D eigenvalue weighted by Gasteiger charge is -2.19. The summed E-state index contributed by atoms with van der Waals surface area (Å²) in [6, 6.07) is 4.21. The number of thiophene rings is 1. The van der Waals surface area contributed by atoms with Crippen molar-refractivity contribution in [2.45, 2.75) is 26.4 Å². The van der Waals surface area contributed by atoms with E-state index in [0.717, 1.165) is 0 Å². The number of aryl methyl sites for hydroxylation is 1. The molecule has 2 heterocycles. The van der Waals surface area contributed by atoms with Crippen LogP contribution in [-0.2, 0) is 4.74 Å². The van der Waals surface area contributed by atoms with E-state index in [-0.39, 0.29) is 6.10 Å². The number of rotatable bonds is 7. The summed E-state index contributed by atoms with van der Waals surface area (Å²) in [6.07, 6.45) is 1.86. The van der Waals surface area contributed by atoms with E-state index in [1.807, 2.05) is 13.8 Å². The zero-order chi connectivity index (χ0) is 20.3. The Hall–Kier alpha value is -2.78. The predicted octanol–water partition coefficient (Wildman–Crippen LogP) is 3.79. The number of halogens is 1. The van der Waals surface area contributed by atoms with Gasteiger partial charge in [-0.05, 0) is 31.0 Å². The van der Waals surface area contributed by atoms with Crippen LogP contribution in [0.2, 0.25) is 0 Å². The molecule has 3 N–H and O–H groups in total. The van der Waals surface area contributed by atoms with Gasteiger partial charge in [-0.25, -0.2) is 19.2 Å². The molecule has 0 aliphatic carbocycles. The van der Waals surface area contributed by atoms with Gasteiger partial charge >= 0.3 is 5.97 Å². The fraction of sp³-hybridized carbons (Fsp3) is 0.316. The van der Waals surface area contributed by atoms with E-state index in [1.54, 1.807) is 6.07 Å². The number of ether oxygens (including phenoxy) is 2. The second-order valence-electron chi connectivity index (χ2n) is 6.10. The Bertz CT molecular complexity index is 1000. The fourth-order valence-corrected chi connectivity index (χ4v) is 3.82. The molecule has 3 rings (SSSR count). The number of anilines is 2. The van der Waals surface area contributed by atoms with Gasteiger partial charge in [-0.3, -0.25) is 0 Å². The topological polar surface area (TPSA) is 99.4 Å². The van der Waals surface area contributed by atoms with Crippen molar-refractivity contribution in [2.24, 2.45) is 5.73 Å². The first kappa shape index (κ1) is 20.0. The van der Waals surface area contributed by atoms with Crippen LogP contribution in [0.1, 0.15) is 28.6 Å². The number of carbonyl (C=O) groups is 1. The van der Waals surface area contributed by atoms with E-state index in [9.17, 15) is 9.18 Å². The summed E-state index contributed by atoms with van der Waals surface area (Å²) in [5.74, 6) is -0.0118. The molecule has 1 unspecified atom stereocenters. The van der Waals surface area contributed by atoms with E-state index >= 15 is 0 Å². The first-order valence-electron chi connectivity index (χ1n) is 8.74. The molecule has 28 heavy (non-hydrogen) atoms. The number of aromatic nitrogens is 2. The Balaban J connectivity index is 2.04. The molecular formula is C19H21FN4O3S. The number of fused-ring (bicyclic) bond motifs is 1. The van der Waals surface area contributed by atoms with Crippen LogP contribution in [0.25, 0.3) is 10.2 Å². The highest BCUT2D eigenvalue weighted by Gasteiger charge is 2.20. The van der Waals surface area contributed by atoms with E-state index in [0.29, 0.717) is 50.9 Å². The SMILES string of the molecule is CCC(CN)Oc1cc(F)ccc1Nc1ncnc2sc(C(=O)OC)c(C)c12. The summed E-state index contributed by atoms with van der Waals surface area (Å²) in [5, 5.41) is 3.88. The molecule has 3 aromatic rings. The first-order chi connectivity index (χ1) is 13.5. The quantitative estimate of drug-likeness (QED) is 0.578. The summed E-state index contributed by atoms with van der Waals surface area (Å²) in [5.41, 5.74) is 6.96. The van der Waals surface area contributed by atoms with Gasteiger partial charge in [0, 0.05) is 12.6 Å². The molecule has 0 aliphatic rings. The average molecular weight is 404 g/mol. The molecule has 0 saturated carbocycles. The molecule has 2 aromatic heterocycles. The van der Waals surface area contributed by atoms with Gasteiger partial charge in [0.25, 0.3) is 0 Å². The lowest BCUT2D eigenvalue weighted by molar-refractivity contribution is 0.0605. The van der Waals surface area contributed by atoms with Gasteiger partial charge in [0.2, 0.25) is 0 Å². The van der Waals surface area contributed by atoms with Crippen molar-refractivity contribution in [3.8, 4) is 5.75 Å². The zero-order valence-corrected chi connectivity index (χ0v) is 16.6. The van der Waals surface area contributed by atoms with Gasteiger partial charge in [0.05, 0.1) is 18.2 Å². The van der Waals surface area contributed by atoms with Crippen molar-refractivity contribution in [1.29, 1.82) is 0 Å². The summed E-state index contributed by atoms with van der Waals surface area (Å²) in [4.78, 5) is 21.7. The summed E-state index contributed by atoms with van der Waals surface area (Å²) in [7, 11) is 1.33. The van der Waals surface area contributed by atoms with E-state index in [4.69, 9.17) is 15.2 Å². The Morgan fingerprint density at radius 3 is 2.86 bits per heavy atom. The molecule has 148 valence electrons. The van der Waals surface area contributed by atoms with Crippen LogP contribution in [0.5, 0.6) is 5.75 Å².